The maximum Gasteiger partial charge on any atom is 0.357 e. The van der Waals surface area contributed by atoms with Crippen molar-refractivity contribution in [2.24, 2.45) is 0 Å². The van der Waals surface area contributed by atoms with Gasteiger partial charge in [-0.3, -0.25) is 0 Å². The number of benzene rings is 2. The van der Waals surface area contributed by atoms with Crippen molar-refractivity contribution in [1.82, 2.24) is 15.2 Å². The van der Waals surface area contributed by atoms with Gasteiger partial charge in [-0.25, -0.2) is 9.78 Å². The van der Waals surface area contributed by atoms with Crippen molar-refractivity contribution in [3.63, 3.8) is 0 Å². The van der Waals surface area contributed by atoms with E-state index in [4.69, 9.17) is 25.7 Å². The van der Waals surface area contributed by atoms with Crippen LogP contribution < -0.4 is 15.3 Å². The van der Waals surface area contributed by atoms with Crippen molar-refractivity contribution in [2.75, 3.05) is 25.2 Å². The zero-order chi connectivity index (χ0) is 29.9. The monoisotopic (exact) mass is 620 g/mol. The number of methoxy groups -OCH3 is 1. The lowest BCUT2D eigenvalue weighted by Crippen LogP contribution is -2.66. The van der Waals surface area contributed by atoms with Crippen LogP contribution >= 0.6 is 22.9 Å². The van der Waals surface area contributed by atoms with Gasteiger partial charge in [0.15, 0.2) is 21.8 Å². The Labute approximate surface area is 258 Å². The summed E-state index contributed by atoms with van der Waals surface area (Å²) in [5, 5.41) is 12.1. The molecular weight excluding hydrogens is 584 g/mol. The summed E-state index contributed by atoms with van der Waals surface area (Å²) >= 11 is 7.77. The molecule has 220 valence electrons. The van der Waals surface area contributed by atoms with Crippen LogP contribution in [0.15, 0.2) is 60.7 Å². The van der Waals surface area contributed by atoms with Crippen molar-refractivity contribution >= 4 is 58.5 Å². The molecule has 7 nitrogen and oxygen atoms in total. The first-order valence-electron chi connectivity index (χ1n) is 14.3. The minimum atomic E-state index is -2.64. The molecule has 0 N–H and O–H groups in total. The Kier molecular flexibility index (Phi) is 9.13. The highest BCUT2D eigenvalue weighted by Gasteiger charge is 2.50. The van der Waals surface area contributed by atoms with Gasteiger partial charge in [0.05, 0.1) is 7.11 Å². The molecular formula is C32H37ClN4O3SSi. The Morgan fingerprint density at radius 2 is 1.69 bits per heavy atom. The average Bonchev–Trinajstić information content (AvgIpc) is 3.42. The van der Waals surface area contributed by atoms with E-state index in [0.717, 1.165) is 52.8 Å². The number of rotatable bonds is 9. The summed E-state index contributed by atoms with van der Waals surface area (Å²) in [7, 11) is -1.25. The lowest BCUT2D eigenvalue weighted by molar-refractivity contribution is 0.0593. The van der Waals surface area contributed by atoms with Gasteiger partial charge in [-0.05, 0) is 53.6 Å². The van der Waals surface area contributed by atoms with E-state index in [0.29, 0.717) is 23.9 Å². The molecule has 2 aromatic carbocycles. The minimum Gasteiger partial charge on any atom is -0.464 e. The fraction of sp³-hybridized carbons (Fsp3) is 0.375. The highest BCUT2D eigenvalue weighted by molar-refractivity contribution is 7.16. The average molecular weight is 621 g/mol. The van der Waals surface area contributed by atoms with Crippen LogP contribution in [0.3, 0.4) is 0 Å². The van der Waals surface area contributed by atoms with Gasteiger partial charge < -0.3 is 14.1 Å². The number of fused-ring (bicyclic) bond motifs is 1. The fourth-order valence-corrected chi connectivity index (χ4v) is 11.7. The first-order valence-corrected chi connectivity index (χ1v) is 17.4. The second kappa shape index (κ2) is 12.6. The van der Waals surface area contributed by atoms with E-state index in [2.05, 4.69) is 84.4 Å². The Hall–Kier alpha value is -3.11. The van der Waals surface area contributed by atoms with E-state index < -0.39 is 14.3 Å². The third-order valence-corrected chi connectivity index (χ3v) is 14.4. The number of thiazole rings is 1. The molecule has 4 aromatic rings. The number of esters is 1. The molecule has 2 aromatic heterocycles. The standard InChI is InChI=1S/C32H37ClN4O3SSi/c1-22-25-18-12-20-37(29(25)36-35-28(22)33)31-34-27(30(38)39-5)26(41-31)19-13-21-40-42(32(2,3)4,23-14-8-6-9-15-23)24-16-10-7-11-17-24/h6-11,14-17H,12-13,18-21H2,1-5H3. The first-order chi connectivity index (χ1) is 20.2. The number of aromatic nitrogens is 3. The van der Waals surface area contributed by atoms with E-state index in [1.54, 1.807) is 0 Å². The minimum absolute atomic E-state index is 0.103. The number of carbonyl (C=O) groups is 1. The van der Waals surface area contributed by atoms with Gasteiger partial charge in [0.25, 0.3) is 8.32 Å². The molecule has 0 atom stereocenters. The lowest BCUT2D eigenvalue weighted by Gasteiger charge is -2.43. The third kappa shape index (κ3) is 5.75. The zero-order valence-electron chi connectivity index (χ0n) is 24.8. The molecule has 0 bridgehead atoms. The predicted molar refractivity (Wildman–Crippen MR) is 172 cm³/mol. The van der Waals surface area contributed by atoms with Crippen LogP contribution in [0.2, 0.25) is 10.2 Å². The Balaban J connectivity index is 1.41. The van der Waals surface area contributed by atoms with Gasteiger partial charge in [0.2, 0.25) is 0 Å². The summed E-state index contributed by atoms with van der Waals surface area (Å²) in [5.74, 6) is 0.325. The fourth-order valence-electron chi connectivity index (χ4n) is 5.84. The summed E-state index contributed by atoms with van der Waals surface area (Å²) in [6.07, 6.45) is 3.20. The van der Waals surface area contributed by atoms with E-state index in [9.17, 15) is 4.79 Å². The molecule has 0 aliphatic carbocycles. The molecule has 0 radical (unpaired) electrons. The molecule has 0 amide bonds. The molecule has 1 aliphatic heterocycles. The van der Waals surface area contributed by atoms with E-state index in [1.807, 2.05) is 19.1 Å². The summed E-state index contributed by atoms with van der Waals surface area (Å²) in [4.78, 5) is 20.5. The van der Waals surface area contributed by atoms with Crippen LogP contribution in [0, 0.1) is 6.92 Å². The van der Waals surface area contributed by atoms with E-state index in [1.165, 1.54) is 28.8 Å². The van der Waals surface area contributed by atoms with E-state index >= 15 is 0 Å². The largest absolute Gasteiger partial charge is 0.464 e. The normalized spacial score (nSPS) is 13.6. The van der Waals surface area contributed by atoms with Gasteiger partial charge in [-0.1, -0.05) is 93.0 Å². The van der Waals surface area contributed by atoms with Gasteiger partial charge >= 0.3 is 5.97 Å². The number of anilines is 2. The molecule has 1 aliphatic rings. The van der Waals surface area contributed by atoms with Gasteiger partial charge in [-0.2, -0.15) is 0 Å². The van der Waals surface area contributed by atoms with Crippen molar-refractivity contribution in [1.29, 1.82) is 0 Å². The van der Waals surface area contributed by atoms with Gasteiger partial charge in [-0.15, -0.1) is 21.5 Å². The summed E-state index contributed by atoms with van der Waals surface area (Å²) in [6.45, 7) is 10.1. The molecule has 0 fully saturated rings. The van der Waals surface area contributed by atoms with Crippen LogP contribution in [0.4, 0.5) is 10.9 Å². The maximum atomic E-state index is 12.8. The third-order valence-electron chi connectivity index (χ3n) is 7.91. The maximum absolute atomic E-state index is 12.8. The number of halogens is 1. The van der Waals surface area contributed by atoms with E-state index in [-0.39, 0.29) is 5.04 Å². The van der Waals surface area contributed by atoms with Gasteiger partial charge in [0.1, 0.15) is 0 Å². The van der Waals surface area contributed by atoms with Crippen LogP contribution in [0.5, 0.6) is 0 Å². The number of aryl methyl sites for hydroxylation is 1. The molecule has 0 spiro atoms. The number of nitrogens with zero attached hydrogens (tertiary/aromatic N) is 4. The Bertz CT molecular complexity index is 1500. The number of hydrogen-bond donors (Lipinski definition) is 0. The second-order valence-corrected chi connectivity index (χ2v) is 17.3. The predicted octanol–water partition coefficient (Wildman–Crippen LogP) is 6.28. The lowest BCUT2D eigenvalue weighted by atomic mass is 10.0. The number of hydrogen-bond acceptors (Lipinski definition) is 8. The topological polar surface area (TPSA) is 77.4 Å². The quantitative estimate of drug-likeness (QED) is 0.124. The van der Waals surface area contributed by atoms with Crippen LogP contribution in [0.1, 0.15) is 60.1 Å². The summed E-state index contributed by atoms with van der Waals surface area (Å²) in [5.41, 5.74) is 2.38. The van der Waals surface area contributed by atoms with Gasteiger partial charge in [0, 0.05) is 23.6 Å². The molecule has 0 saturated carbocycles. The Morgan fingerprint density at radius 1 is 1.05 bits per heavy atom. The van der Waals surface area contributed by atoms with Crippen LogP contribution in [-0.4, -0.2) is 49.7 Å². The highest BCUT2D eigenvalue weighted by Crippen LogP contribution is 2.39. The molecule has 0 unspecified atom stereocenters. The van der Waals surface area contributed by atoms with Crippen LogP contribution in [-0.2, 0) is 22.0 Å². The van der Waals surface area contributed by atoms with Crippen molar-refractivity contribution in [3.8, 4) is 0 Å². The summed E-state index contributed by atoms with van der Waals surface area (Å²) < 4.78 is 12.2. The molecule has 3 heterocycles. The van der Waals surface area contributed by atoms with Crippen LogP contribution in [0.25, 0.3) is 0 Å². The molecule has 42 heavy (non-hydrogen) atoms. The zero-order valence-corrected chi connectivity index (χ0v) is 27.4. The first kappa shape index (κ1) is 30.3. The summed E-state index contributed by atoms with van der Waals surface area (Å²) in [6, 6.07) is 21.3. The van der Waals surface area contributed by atoms with Crippen molar-refractivity contribution in [3.05, 3.63) is 87.5 Å². The second-order valence-electron chi connectivity index (χ2n) is 11.5. The number of carbonyl (C=O) groups excluding carboxylic acids is 1. The molecule has 0 saturated heterocycles. The molecule has 5 rings (SSSR count). The Morgan fingerprint density at radius 3 is 2.29 bits per heavy atom. The van der Waals surface area contributed by atoms with Crippen molar-refractivity contribution in [2.45, 2.75) is 58.4 Å². The smallest absolute Gasteiger partial charge is 0.357 e. The van der Waals surface area contributed by atoms with Crippen molar-refractivity contribution < 1.29 is 14.0 Å². The SMILES string of the molecule is COC(=O)c1nc(N2CCCc3c2nnc(Cl)c3C)sc1CCCO[Si](c1ccccc1)(c1ccccc1)C(C)(C)C. The number of ether oxygens (including phenoxy) is 1. The molecule has 10 heteroatoms. The highest BCUT2D eigenvalue weighted by atomic mass is 35.5.